The Morgan fingerprint density at radius 3 is 2.19 bits per heavy atom. The van der Waals surface area contributed by atoms with Gasteiger partial charge in [-0.05, 0) is 35.1 Å². The molecule has 26 heavy (non-hydrogen) atoms. The van der Waals surface area contributed by atoms with Gasteiger partial charge in [-0.3, -0.25) is 0 Å². The number of hydrogen-bond donors (Lipinski definition) is 1. The maximum absolute atomic E-state index is 9.59. The molecule has 1 aromatic heterocycles. The van der Waals surface area contributed by atoms with Crippen molar-refractivity contribution in [3.8, 4) is 28.5 Å². The highest BCUT2D eigenvalue weighted by atomic mass is 14.8. The first-order valence-electron chi connectivity index (χ1n) is 8.69. The lowest BCUT2D eigenvalue weighted by molar-refractivity contribution is 0.590. The summed E-state index contributed by atoms with van der Waals surface area (Å²) in [5, 5.41) is 9.59. The fraction of sp³-hybridized carbons (Fsp3) is 0.217. The Balaban J connectivity index is 2.18. The van der Waals surface area contributed by atoms with Crippen LogP contribution in [-0.4, -0.2) is 4.98 Å². The third-order valence-electron chi connectivity index (χ3n) is 4.64. The molecule has 1 heterocycles. The van der Waals surface area contributed by atoms with Crippen LogP contribution in [0.5, 0.6) is 0 Å². The molecule has 0 aliphatic heterocycles. The number of nitrogen functional groups attached to an aromatic ring is 1. The molecule has 3 aromatic rings. The smallest absolute Gasteiger partial charge is 0.142 e. The lowest BCUT2D eigenvalue weighted by atomic mass is 9.86. The van der Waals surface area contributed by atoms with E-state index in [1.807, 2.05) is 37.3 Å². The van der Waals surface area contributed by atoms with Gasteiger partial charge in [0.15, 0.2) is 0 Å². The molecule has 0 spiro atoms. The van der Waals surface area contributed by atoms with E-state index in [4.69, 9.17) is 5.73 Å². The lowest BCUT2D eigenvalue weighted by Crippen LogP contribution is -2.10. The number of aryl methyl sites for hydroxylation is 1. The number of pyridine rings is 1. The van der Waals surface area contributed by atoms with Gasteiger partial charge in [-0.15, -0.1) is 0 Å². The third kappa shape index (κ3) is 3.32. The molecular formula is C23H23N3. The molecule has 3 heteroatoms. The largest absolute Gasteiger partial charge is 0.383 e. The maximum atomic E-state index is 9.59. The van der Waals surface area contributed by atoms with Gasteiger partial charge >= 0.3 is 0 Å². The summed E-state index contributed by atoms with van der Waals surface area (Å²) in [4.78, 5) is 4.47. The minimum Gasteiger partial charge on any atom is -0.383 e. The van der Waals surface area contributed by atoms with Crippen LogP contribution in [0.2, 0.25) is 0 Å². The number of aromatic nitrogens is 1. The van der Waals surface area contributed by atoms with E-state index >= 15 is 0 Å². The van der Waals surface area contributed by atoms with E-state index in [0.717, 1.165) is 27.9 Å². The average molecular weight is 341 g/mol. The first-order chi connectivity index (χ1) is 12.3. The van der Waals surface area contributed by atoms with Crippen molar-refractivity contribution in [1.82, 2.24) is 4.98 Å². The van der Waals surface area contributed by atoms with Crippen molar-refractivity contribution in [3.63, 3.8) is 0 Å². The van der Waals surface area contributed by atoms with Gasteiger partial charge in [0.25, 0.3) is 0 Å². The average Bonchev–Trinajstić information content (AvgIpc) is 2.61. The van der Waals surface area contributed by atoms with E-state index in [9.17, 15) is 5.26 Å². The molecule has 0 aliphatic carbocycles. The van der Waals surface area contributed by atoms with Gasteiger partial charge in [-0.2, -0.15) is 5.26 Å². The molecule has 2 N–H and O–H groups in total. The zero-order chi connectivity index (χ0) is 18.9. The molecule has 3 rings (SSSR count). The third-order valence-corrected chi connectivity index (χ3v) is 4.64. The summed E-state index contributed by atoms with van der Waals surface area (Å²) in [5.41, 5.74) is 12.6. The van der Waals surface area contributed by atoms with Crippen LogP contribution in [0, 0.1) is 18.3 Å². The summed E-state index contributed by atoms with van der Waals surface area (Å²) < 4.78 is 0. The van der Waals surface area contributed by atoms with Crippen molar-refractivity contribution in [2.24, 2.45) is 0 Å². The fourth-order valence-electron chi connectivity index (χ4n) is 3.06. The molecule has 2 aromatic carbocycles. The number of benzene rings is 2. The highest BCUT2D eigenvalue weighted by Crippen LogP contribution is 2.33. The number of nitrogens with two attached hydrogens (primary N) is 1. The SMILES string of the molecule is Cc1ccccc1-c1cc(-c2ccc(C(C)(C)C)cc2)c(C#N)c(N)n1. The highest BCUT2D eigenvalue weighted by Gasteiger charge is 2.16. The van der Waals surface area contributed by atoms with E-state index in [1.165, 1.54) is 5.56 Å². The quantitative estimate of drug-likeness (QED) is 0.671. The Morgan fingerprint density at radius 2 is 1.62 bits per heavy atom. The molecule has 130 valence electrons. The summed E-state index contributed by atoms with van der Waals surface area (Å²) >= 11 is 0. The topological polar surface area (TPSA) is 62.7 Å². The summed E-state index contributed by atoms with van der Waals surface area (Å²) in [7, 11) is 0. The number of nitriles is 1. The van der Waals surface area contributed by atoms with Gasteiger partial charge in [-0.1, -0.05) is 69.3 Å². The van der Waals surface area contributed by atoms with E-state index in [-0.39, 0.29) is 11.2 Å². The predicted molar refractivity (Wildman–Crippen MR) is 108 cm³/mol. The second kappa shape index (κ2) is 6.65. The van der Waals surface area contributed by atoms with Crippen LogP contribution in [0.1, 0.15) is 37.5 Å². The number of hydrogen-bond acceptors (Lipinski definition) is 3. The maximum Gasteiger partial charge on any atom is 0.142 e. The van der Waals surface area contributed by atoms with Crippen molar-refractivity contribution in [2.75, 3.05) is 5.73 Å². The van der Waals surface area contributed by atoms with E-state index in [1.54, 1.807) is 0 Å². The molecule has 3 nitrogen and oxygen atoms in total. The van der Waals surface area contributed by atoms with Crippen molar-refractivity contribution in [3.05, 3.63) is 71.3 Å². The highest BCUT2D eigenvalue weighted by molar-refractivity contribution is 5.80. The summed E-state index contributed by atoms with van der Waals surface area (Å²) in [6, 6.07) is 20.6. The van der Waals surface area contributed by atoms with E-state index in [0.29, 0.717) is 5.56 Å². The first-order valence-corrected chi connectivity index (χ1v) is 8.69. The molecular weight excluding hydrogens is 318 g/mol. The Bertz CT molecular complexity index is 987. The molecule has 0 amide bonds. The Kier molecular flexibility index (Phi) is 4.52. The summed E-state index contributed by atoms with van der Waals surface area (Å²) in [6.45, 7) is 8.60. The summed E-state index contributed by atoms with van der Waals surface area (Å²) in [6.07, 6.45) is 0. The monoisotopic (exact) mass is 341 g/mol. The van der Waals surface area contributed by atoms with Gasteiger partial charge < -0.3 is 5.73 Å². The van der Waals surface area contributed by atoms with E-state index < -0.39 is 0 Å². The summed E-state index contributed by atoms with van der Waals surface area (Å²) in [5.74, 6) is 0.267. The van der Waals surface area contributed by atoms with Gasteiger partial charge in [0.05, 0.1) is 5.69 Å². The van der Waals surface area contributed by atoms with Crippen molar-refractivity contribution in [2.45, 2.75) is 33.1 Å². The molecule has 0 bridgehead atoms. The van der Waals surface area contributed by atoms with Crippen LogP contribution < -0.4 is 5.73 Å². The van der Waals surface area contributed by atoms with Crippen LogP contribution in [0.15, 0.2) is 54.6 Å². The zero-order valence-electron chi connectivity index (χ0n) is 15.7. The fourth-order valence-corrected chi connectivity index (χ4v) is 3.06. The molecule has 0 aliphatic rings. The molecule has 0 saturated carbocycles. The van der Waals surface area contributed by atoms with Crippen LogP contribution >= 0.6 is 0 Å². The predicted octanol–water partition coefficient (Wildman–Crippen LogP) is 5.48. The Labute approximate surface area is 155 Å². The van der Waals surface area contributed by atoms with Gasteiger partial charge in [-0.25, -0.2) is 4.98 Å². The van der Waals surface area contributed by atoms with Crippen molar-refractivity contribution < 1.29 is 0 Å². The molecule has 0 radical (unpaired) electrons. The second-order valence-electron chi connectivity index (χ2n) is 7.57. The molecule has 0 saturated heterocycles. The van der Waals surface area contributed by atoms with Crippen LogP contribution in [0.25, 0.3) is 22.4 Å². The van der Waals surface area contributed by atoms with E-state index in [2.05, 4.69) is 56.1 Å². The minimum atomic E-state index is 0.0835. The lowest BCUT2D eigenvalue weighted by Gasteiger charge is -2.19. The van der Waals surface area contributed by atoms with Gasteiger partial charge in [0.2, 0.25) is 0 Å². The van der Waals surface area contributed by atoms with Crippen molar-refractivity contribution >= 4 is 5.82 Å². The molecule has 0 atom stereocenters. The normalized spacial score (nSPS) is 11.2. The number of anilines is 1. The first kappa shape index (κ1) is 17.7. The molecule has 0 unspecified atom stereocenters. The van der Waals surface area contributed by atoms with Crippen LogP contribution in [0.3, 0.4) is 0 Å². The van der Waals surface area contributed by atoms with Gasteiger partial charge in [0, 0.05) is 11.1 Å². The van der Waals surface area contributed by atoms with Crippen LogP contribution in [0.4, 0.5) is 5.82 Å². The van der Waals surface area contributed by atoms with Gasteiger partial charge in [0.1, 0.15) is 17.5 Å². The van der Waals surface area contributed by atoms with Crippen LogP contribution in [-0.2, 0) is 5.41 Å². The second-order valence-corrected chi connectivity index (χ2v) is 7.57. The minimum absolute atomic E-state index is 0.0835. The zero-order valence-corrected chi connectivity index (χ0v) is 15.7. The Morgan fingerprint density at radius 1 is 0.962 bits per heavy atom. The number of nitrogens with zero attached hydrogens (tertiary/aromatic N) is 2. The standard InChI is InChI=1S/C23H23N3/c1-15-7-5-6-8-18(15)21-13-19(20(14-24)22(25)26-21)16-9-11-17(12-10-16)23(2,3)4/h5-13H,1-4H3,(H2,25,26). The number of rotatable bonds is 2. The Hall–Kier alpha value is -3.12. The molecule has 0 fully saturated rings. The van der Waals surface area contributed by atoms with Crippen molar-refractivity contribution in [1.29, 1.82) is 5.26 Å².